The highest BCUT2D eigenvalue weighted by molar-refractivity contribution is 4.98. The van der Waals surface area contributed by atoms with Gasteiger partial charge in [-0.25, -0.2) is 9.55 Å². The Morgan fingerprint density at radius 3 is 2.52 bits per heavy atom. The number of rotatable bonds is 12. The number of hydrogen-bond donors (Lipinski definition) is 2. The molecule has 0 spiro atoms. The van der Waals surface area contributed by atoms with Gasteiger partial charge in [-0.05, 0) is 12.8 Å². The minimum absolute atomic E-state index is 0. The lowest BCUT2D eigenvalue weighted by Crippen LogP contribution is -3.00. The number of aromatic nitrogens is 2. The molecule has 0 amide bonds. The van der Waals surface area contributed by atoms with Crippen LogP contribution in [0.1, 0.15) is 70.5 Å². The van der Waals surface area contributed by atoms with Crippen molar-refractivity contribution in [1.29, 1.82) is 0 Å². The average Bonchev–Trinajstić information content (AvgIpc) is 2.91. The van der Waals surface area contributed by atoms with E-state index in [1.165, 1.54) is 38.5 Å². The number of imidazole rings is 1. The van der Waals surface area contributed by atoms with Gasteiger partial charge < -0.3 is 22.1 Å². The third-order valence-corrected chi connectivity index (χ3v) is 3.85. The van der Waals surface area contributed by atoms with Crippen molar-refractivity contribution in [2.24, 2.45) is 0 Å². The van der Waals surface area contributed by atoms with Gasteiger partial charge in [0.1, 0.15) is 12.4 Å². The molecular formula is C17H31BrN2O. The smallest absolute Gasteiger partial charge is 0.258 e. The van der Waals surface area contributed by atoms with E-state index in [2.05, 4.69) is 18.5 Å². The lowest BCUT2D eigenvalue weighted by Gasteiger charge is -2.08. The van der Waals surface area contributed by atoms with Crippen LogP contribution in [0.15, 0.2) is 19.0 Å². The molecule has 3 nitrogen and oxygen atoms in total. The summed E-state index contributed by atoms with van der Waals surface area (Å²) >= 11 is 0. The molecule has 0 aliphatic carbocycles. The molecular weight excluding hydrogens is 328 g/mol. The molecule has 0 saturated carbocycles. The zero-order chi connectivity index (χ0) is 14.6. The molecule has 2 N–H and O–H groups in total. The second kappa shape index (κ2) is 13.1. The number of aliphatic hydroxyl groups excluding tert-OH is 1. The van der Waals surface area contributed by atoms with Crippen LogP contribution < -0.4 is 21.5 Å². The first kappa shape index (κ1) is 20.4. The van der Waals surface area contributed by atoms with Gasteiger partial charge in [0.05, 0.1) is 18.7 Å². The molecule has 0 aromatic carbocycles. The maximum Gasteiger partial charge on any atom is 0.258 e. The summed E-state index contributed by atoms with van der Waals surface area (Å²) in [6.07, 6.45) is 17.2. The summed E-state index contributed by atoms with van der Waals surface area (Å²) in [4.78, 5) is 3.19. The Morgan fingerprint density at radius 2 is 1.86 bits per heavy atom. The number of unbranched alkanes of at least 4 members (excludes halogenated alkanes) is 6. The normalized spacial score (nSPS) is 11.9. The van der Waals surface area contributed by atoms with Crippen LogP contribution in [-0.2, 0) is 6.42 Å². The van der Waals surface area contributed by atoms with E-state index in [-0.39, 0.29) is 23.1 Å². The summed E-state index contributed by atoms with van der Waals surface area (Å²) in [6, 6.07) is 0. The Balaban J connectivity index is 0.00000400. The number of aromatic amines is 1. The van der Waals surface area contributed by atoms with Gasteiger partial charge in [0, 0.05) is 0 Å². The highest BCUT2D eigenvalue weighted by Gasteiger charge is 2.11. The predicted molar refractivity (Wildman–Crippen MR) is 84.3 cm³/mol. The summed E-state index contributed by atoms with van der Waals surface area (Å²) in [5.74, 6) is 1.11. The quantitative estimate of drug-likeness (QED) is 0.421. The molecule has 122 valence electrons. The largest absolute Gasteiger partial charge is 1.00 e. The number of aryl methyl sites for hydroxylation is 1. The summed E-state index contributed by atoms with van der Waals surface area (Å²) in [6.45, 7) is 6.01. The van der Waals surface area contributed by atoms with Gasteiger partial charge in [0.25, 0.3) is 5.82 Å². The lowest BCUT2D eigenvalue weighted by atomic mass is 10.0. The van der Waals surface area contributed by atoms with Crippen LogP contribution in [0.2, 0.25) is 0 Å². The van der Waals surface area contributed by atoms with E-state index < -0.39 is 0 Å². The molecule has 1 heterocycles. The molecule has 1 unspecified atom stereocenters. The molecule has 0 radical (unpaired) electrons. The van der Waals surface area contributed by atoms with E-state index in [0.717, 1.165) is 31.5 Å². The van der Waals surface area contributed by atoms with Crippen LogP contribution in [-0.4, -0.2) is 16.2 Å². The van der Waals surface area contributed by atoms with Gasteiger partial charge in [-0.3, -0.25) is 0 Å². The molecule has 1 rings (SSSR count). The molecule has 1 aromatic heterocycles. The Bertz CT molecular complexity index is 365. The van der Waals surface area contributed by atoms with E-state index in [1.807, 2.05) is 17.0 Å². The number of hydrogen-bond acceptors (Lipinski definition) is 1. The highest BCUT2D eigenvalue weighted by Crippen LogP contribution is 2.11. The number of H-pyrrole nitrogens is 1. The minimum atomic E-state index is -0.174. The molecule has 0 saturated heterocycles. The van der Waals surface area contributed by atoms with Crippen molar-refractivity contribution in [2.45, 2.75) is 77.2 Å². The van der Waals surface area contributed by atoms with Gasteiger partial charge in [0.15, 0.2) is 0 Å². The highest BCUT2D eigenvalue weighted by atomic mass is 79.9. The van der Waals surface area contributed by atoms with Crippen LogP contribution >= 0.6 is 0 Å². The average molecular weight is 359 g/mol. The van der Waals surface area contributed by atoms with Crippen molar-refractivity contribution in [1.82, 2.24) is 4.98 Å². The van der Waals surface area contributed by atoms with E-state index in [9.17, 15) is 5.11 Å². The van der Waals surface area contributed by atoms with Crippen molar-refractivity contribution >= 4 is 6.20 Å². The minimum Gasteiger partial charge on any atom is -1.00 e. The topological polar surface area (TPSA) is 39.9 Å². The summed E-state index contributed by atoms with van der Waals surface area (Å²) in [5.41, 5.74) is 0. The van der Waals surface area contributed by atoms with Crippen LogP contribution in [0.3, 0.4) is 0 Å². The third kappa shape index (κ3) is 9.10. The van der Waals surface area contributed by atoms with Gasteiger partial charge in [-0.2, -0.15) is 0 Å². The van der Waals surface area contributed by atoms with Crippen molar-refractivity contribution in [2.75, 3.05) is 0 Å². The lowest BCUT2D eigenvalue weighted by molar-refractivity contribution is -0.575. The monoisotopic (exact) mass is 358 g/mol. The first-order valence-electron chi connectivity index (χ1n) is 8.16. The van der Waals surface area contributed by atoms with Gasteiger partial charge in [0.2, 0.25) is 0 Å². The van der Waals surface area contributed by atoms with Crippen LogP contribution in [0.5, 0.6) is 0 Å². The maximum absolute atomic E-state index is 10.0. The first-order chi connectivity index (χ1) is 9.77. The fraction of sp³-hybridized carbons (Fsp3) is 0.706. The SMILES string of the molecule is C=C[n+]1cc[nH]c1CCC(O)CCCCCCCCC.[Br-]. The maximum atomic E-state index is 10.0. The van der Waals surface area contributed by atoms with E-state index in [1.54, 1.807) is 6.20 Å². The zero-order valence-corrected chi connectivity index (χ0v) is 14.9. The van der Waals surface area contributed by atoms with Crippen LogP contribution in [0.25, 0.3) is 6.20 Å². The number of halogens is 1. The number of aliphatic hydroxyl groups is 1. The van der Waals surface area contributed by atoms with E-state index in [0.29, 0.717) is 0 Å². The summed E-state index contributed by atoms with van der Waals surface area (Å²) < 4.78 is 1.97. The summed E-state index contributed by atoms with van der Waals surface area (Å²) in [5, 5.41) is 10.0. The Morgan fingerprint density at radius 1 is 1.19 bits per heavy atom. The van der Waals surface area contributed by atoms with Crippen LogP contribution in [0, 0.1) is 0 Å². The number of nitrogens with one attached hydrogen (secondary N) is 1. The molecule has 0 aliphatic heterocycles. The van der Waals surface area contributed by atoms with Crippen molar-refractivity contribution in [3.63, 3.8) is 0 Å². The molecule has 1 atom stereocenters. The predicted octanol–water partition coefficient (Wildman–Crippen LogP) is 0.841. The fourth-order valence-electron chi connectivity index (χ4n) is 2.54. The second-order valence-electron chi connectivity index (χ2n) is 5.60. The standard InChI is InChI=1S/C17H30N2O.BrH/c1-3-5-6-7-8-9-10-11-16(20)12-13-17-18-14-15-19(17)4-2;/h4,14-16,20H,2-3,5-13H2,1H3;1H. The van der Waals surface area contributed by atoms with Gasteiger partial charge in [-0.15, -0.1) is 0 Å². The molecule has 4 heteroatoms. The first-order valence-corrected chi connectivity index (χ1v) is 8.16. The zero-order valence-electron chi connectivity index (χ0n) is 13.4. The fourth-order valence-corrected chi connectivity index (χ4v) is 2.54. The van der Waals surface area contributed by atoms with Crippen molar-refractivity contribution in [3.05, 3.63) is 24.8 Å². The third-order valence-electron chi connectivity index (χ3n) is 3.85. The van der Waals surface area contributed by atoms with Crippen molar-refractivity contribution in [3.8, 4) is 0 Å². The van der Waals surface area contributed by atoms with Crippen LogP contribution in [0.4, 0.5) is 0 Å². The van der Waals surface area contributed by atoms with E-state index >= 15 is 0 Å². The van der Waals surface area contributed by atoms with Gasteiger partial charge >= 0.3 is 0 Å². The molecule has 0 fully saturated rings. The molecule has 0 aliphatic rings. The summed E-state index contributed by atoms with van der Waals surface area (Å²) in [7, 11) is 0. The number of nitrogens with zero attached hydrogens (tertiary/aromatic N) is 1. The molecule has 1 aromatic rings. The Hall–Kier alpha value is -0.610. The Kier molecular flexibility index (Phi) is 12.7. The van der Waals surface area contributed by atoms with E-state index in [4.69, 9.17) is 0 Å². The molecule has 0 bridgehead atoms. The van der Waals surface area contributed by atoms with Gasteiger partial charge in [-0.1, -0.05) is 58.4 Å². The second-order valence-corrected chi connectivity index (χ2v) is 5.60. The van der Waals surface area contributed by atoms with Crippen molar-refractivity contribution < 1.29 is 26.7 Å². The Labute approximate surface area is 140 Å². The molecule has 21 heavy (non-hydrogen) atoms.